The van der Waals surface area contributed by atoms with Gasteiger partial charge in [-0.25, -0.2) is 18.2 Å². The van der Waals surface area contributed by atoms with E-state index in [0.29, 0.717) is 5.82 Å². The maximum atomic E-state index is 12.7. The van der Waals surface area contributed by atoms with E-state index in [1.54, 1.807) is 11.6 Å². The molecule has 0 spiro atoms. The third-order valence-corrected chi connectivity index (χ3v) is 6.10. The van der Waals surface area contributed by atoms with Crippen molar-refractivity contribution >= 4 is 16.1 Å². The molecule has 0 saturated carbocycles. The highest BCUT2D eigenvalue weighted by Gasteiger charge is 2.39. The molecule has 0 aliphatic carbocycles. The minimum Gasteiger partial charge on any atom is -0.445 e. The van der Waals surface area contributed by atoms with Crippen molar-refractivity contribution in [1.82, 2.24) is 19.2 Å². The summed E-state index contributed by atoms with van der Waals surface area (Å²) >= 11 is 0. The topological polar surface area (TPSA) is 93.5 Å². The lowest BCUT2D eigenvalue weighted by Crippen LogP contribution is -2.60. The second kappa shape index (κ2) is 7.69. The second-order valence-electron chi connectivity index (χ2n) is 6.93. The largest absolute Gasteiger partial charge is 0.445 e. The van der Waals surface area contributed by atoms with Crippen molar-refractivity contribution in [3.05, 3.63) is 47.9 Å². The first-order valence-electron chi connectivity index (χ1n) is 8.78. The van der Waals surface area contributed by atoms with Gasteiger partial charge in [0.05, 0.1) is 6.04 Å². The molecule has 1 aromatic heterocycles. The Morgan fingerprint density at radius 3 is 2.56 bits per heavy atom. The van der Waals surface area contributed by atoms with Crippen LogP contribution in [0.3, 0.4) is 0 Å². The van der Waals surface area contributed by atoms with E-state index in [2.05, 4.69) is 10.3 Å². The number of benzene rings is 1. The van der Waals surface area contributed by atoms with Crippen LogP contribution in [0.1, 0.15) is 31.2 Å². The minimum atomic E-state index is -3.65. The average molecular weight is 392 g/mol. The Hall–Kier alpha value is -2.39. The molecule has 1 fully saturated rings. The summed E-state index contributed by atoms with van der Waals surface area (Å²) in [5, 5.41) is 2.72. The molecular formula is C18H24N4O4S. The molecule has 146 valence electrons. The van der Waals surface area contributed by atoms with Gasteiger partial charge in [0.2, 0.25) is 0 Å². The Bertz CT molecular complexity index is 903. The van der Waals surface area contributed by atoms with Crippen LogP contribution in [0.25, 0.3) is 0 Å². The van der Waals surface area contributed by atoms with Gasteiger partial charge in [-0.15, -0.1) is 0 Å². The molecule has 2 heterocycles. The van der Waals surface area contributed by atoms with E-state index < -0.39 is 16.1 Å². The fraction of sp³-hybridized carbons (Fsp3) is 0.444. The number of nitrogens with one attached hydrogen (secondary N) is 1. The molecule has 9 heteroatoms. The molecule has 3 rings (SSSR count). The van der Waals surface area contributed by atoms with E-state index in [4.69, 9.17) is 4.74 Å². The van der Waals surface area contributed by atoms with Crippen LogP contribution in [0, 0.1) is 0 Å². The van der Waals surface area contributed by atoms with Crippen LogP contribution in [0.4, 0.5) is 4.79 Å². The van der Waals surface area contributed by atoms with E-state index in [1.165, 1.54) is 10.5 Å². The minimum absolute atomic E-state index is 0.0406. The number of aryl methyl sites for hydroxylation is 1. The number of nitrogens with zero attached hydrogens (tertiary/aromatic N) is 3. The maximum Gasteiger partial charge on any atom is 0.407 e. The monoisotopic (exact) mass is 392 g/mol. The van der Waals surface area contributed by atoms with Crippen molar-refractivity contribution in [3.63, 3.8) is 0 Å². The van der Waals surface area contributed by atoms with Crippen LogP contribution in [0.5, 0.6) is 0 Å². The molecule has 8 nitrogen and oxygen atoms in total. The Balaban J connectivity index is 1.51. The molecule has 1 saturated heterocycles. The molecule has 27 heavy (non-hydrogen) atoms. The zero-order valence-corrected chi connectivity index (χ0v) is 16.4. The van der Waals surface area contributed by atoms with Gasteiger partial charge in [0.1, 0.15) is 12.4 Å². The zero-order valence-electron chi connectivity index (χ0n) is 15.6. The first-order valence-corrected chi connectivity index (χ1v) is 10.2. The molecule has 0 radical (unpaired) electrons. The number of carbonyl (C=O) groups is 1. The number of rotatable bonds is 6. The summed E-state index contributed by atoms with van der Waals surface area (Å²) in [7, 11) is -1.87. The van der Waals surface area contributed by atoms with Gasteiger partial charge in [-0.05, 0) is 5.56 Å². The molecule has 1 aliphatic rings. The van der Waals surface area contributed by atoms with Crippen LogP contribution in [-0.2, 0) is 28.4 Å². The van der Waals surface area contributed by atoms with Gasteiger partial charge in [0, 0.05) is 32.3 Å². The molecule has 1 aliphatic heterocycles. The van der Waals surface area contributed by atoms with Crippen LogP contribution in [0.2, 0.25) is 0 Å². The van der Waals surface area contributed by atoms with Crippen LogP contribution >= 0.6 is 0 Å². The first kappa shape index (κ1) is 19.4. The summed E-state index contributed by atoms with van der Waals surface area (Å²) in [4.78, 5) is 16.1. The number of hydrogen-bond acceptors (Lipinski definition) is 5. The Morgan fingerprint density at radius 1 is 1.30 bits per heavy atom. The maximum absolute atomic E-state index is 12.7. The SMILES string of the molecule is CC(C)c1nc(S(=O)(=O)N2CC(NC(=O)OCc3ccccc3)C2)cn1C. The molecule has 1 amide bonds. The molecule has 0 atom stereocenters. The van der Waals surface area contributed by atoms with Crippen molar-refractivity contribution in [1.29, 1.82) is 0 Å². The summed E-state index contributed by atoms with van der Waals surface area (Å²) in [6, 6.07) is 9.09. The average Bonchev–Trinajstić information content (AvgIpc) is 2.99. The summed E-state index contributed by atoms with van der Waals surface area (Å²) in [5.41, 5.74) is 0.890. The predicted molar refractivity (Wildman–Crippen MR) is 99.6 cm³/mol. The summed E-state index contributed by atoms with van der Waals surface area (Å²) in [6.07, 6.45) is 0.973. The number of imidazole rings is 1. The van der Waals surface area contributed by atoms with Crippen molar-refractivity contribution in [3.8, 4) is 0 Å². The zero-order chi connectivity index (χ0) is 19.6. The number of hydrogen-bond donors (Lipinski definition) is 1. The van der Waals surface area contributed by atoms with E-state index in [9.17, 15) is 13.2 Å². The second-order valence-corrected chi connectivity index (χ2v) is 8.81. The molecule has 0 unspecified atom stereocenters. The van der Waals surface area contributed by atoms with Crippen LogP contribution in [-0.4, -0.2) is 47.5 Å². The van der Waals surface area contributed by atoms with E-state index in [0.717, 1.165) is 5.56 Å². The molecule has 1 N–H and O–H groups in total. The Morgan fingerprint density at radius 2 is 1.96 bits per heavy atom. The van der Waals surface area contributed by atoms with Gasteiger partial charge in [-0.3, -0.25) is 0 Å². The van der Waals surface area contributed by atoms with Gasteiger partial charge in [-0.2, -0.15) is 4.31 Å². The predicted octanol–water partition coefficient (Wildman–Crippen LogP) is 1.84. The quantitative estimate of drug-likeness (QED) is 0.810. The lowest BCUT2D eigenvalue weighted by atomic mass is 10.2. The Kier molecular flexibility index (Phi) is 5.52. The summed E-state index contributed by atoms with van der Waals surface area (Å²) in [6.45, 7) is 4.51. The normalized spacial score (nSPS) is 15.6. The number of aromatic nitrogens is 2. The van der Waals surface area contributed by atoms with Gasteiger partial charge < -0.3 is 14.6 Å². The van der Waals surface area contributed by atoms with Gasteiger partial charge in [0.15, 0.2) is 5.03 Å². The Labute approximate surface area is 159 Å². The number of alkyl carbamates (subject to hydrolysis) is 1. The highest BCUT2D eigenvalue weighted by atomic mass is 32.2. The van der Waals surface area contributed by atoms with E-state index >= 15 is 0 Å². The standard InChI is InChI=1S/C18H24N4O4S/c1-13(2)17-20-16(11-21(17)3)27(24,25)22-9-15(10-22)19-18(23)26-12-14-7-5-4-6-8-14/h4-8,11,13,15H,9-10,12H2,1-3H3,(H,19,23). The van der Waals surface area contributed by atoms with Crippen molar-refractivity contribution in [2.24, 2.45) is 7.05 Å². The van der Waals surface area contributed by atoms with Gasteiger partial charge >= 0.3 is 6.09 Å². The molecule has 2 aromatic rings. The fourth-order valence-electron chi connectivity index (χ4n) is 2.90. The number of ether oxygens (including phenoxy) is 1. The number of amides is 1. The first-order chi connectivity index (χ1) is 12.8. The highest BCUT2D eigenvalue weighted by Crippen LogP contribution is 2.23. The van der Waals surface area contributed by atoms with Crippen LogP contribution < -0.4 is 5.32 Å². The van der Waals surface area contributed by atoms with E-state index in [1.807, 2.05) is 44.2 Å². The van der Waals surface area contributed by atoms with E-state index in [-0.39, 0.29) is 36.7 Å². The van der Waals surface area contributed by atoms with Crippen molar-refractivity contribution in [2.75, 3.05) is 13.1 Å². The fourth-order valence-corrected chi connectivity index (χ4v) is 4.42. The summed E-state index contributed by atoms with van der Waals surface area (Å²) in [5.74, 6) is 0.845. The lowest BCUT2D eigenvalue weighted by molar-refractivity contribution is 0.123. The number of sulfonamides is 1. The van der Waals surface area contributed by atoms with Crippen molar-refractivity contribution in [2.45, 2.75) is 37.4 Å². The van der Waals surface area contributed by atoms with Crippen molar-refractivity contribution < 1.29 is 17.9 Å². The lowest BCUT2D eigenvalue weighted by Gasteiger charge is -2.37. The molecule has 1 aromatic carbocycles. The summed E-state index contributed by atoms with van der Waals surface area (Å²) < 4.78 is 33.5. The highest BCUT2D eigenvalue weighted by molar-refractivity contribution is 7.89. The molecular weight excluding hydrogens is 368 g/mol. The smallest absolute Gasteiger partial charge is 0.407 e. The van der Waals surface area contributed by atoms with Gasteiger partial charge in [-0.1, -0.05) is 44.2 Å². The molecule has 0 bridgehead atoms. The third-order valence-electron chi connectivity index (χ3n) is 4.39. The third kappa shape index (κ3) is 4.30. The van der Waals surface area contributed by atoms with Gasteiger partial charge in [0.25, 0.3) is 10.0 Å². The number of carbonyl (C=O) groups excluding carboxylic acids is 1. The van der Waals surface area contributed by atoms with Crippen LogP contribution in [0.15, 0.2) is 41.6 Å².